The van der Waals surface area contributed by atoms with Crippen LogP contribution < -0.4 is 5.32 Å². The second-order valence-corrected chi connectivity index (χ2v) is 4.41. The molecule has 0 spiro atoms. The Morgan fingerprint density at radius 1 is 1.40 bits per heavy atom. The van der Waals surface area contributed by atoms with E-state index in [1.807, 2.05) is 0 Å². The zero-order valence-electron chi connectivity index (χ0n) is 9.49. The first-order valence-corrected chi connectivity index (χ1v) is 5.68. The van der Waals surface area contributed by atoms with Crippen molar-refractivity contribution in [3.63, 3.8) is 0 Å². The highest BCUT2D eigenvalue weighted by Gasteiger charge is 2.15. The molecule has 1 aromatic rings. The van der Waals surface area contributed by atoms with Gasteiger partial charge in [-0.3, -0.25) is 0 Å². The summed E-state index contributed by atoms with van der Waals surface area (Å²) in [6.07, 6.45) is 0. The monoisotopic (exact) mass is 205 g/mol. The van der Waals surface area contributed by atoms with Crippen LogP contribution in [-0.2, 0) is 4.74 Å². The summed E-state index contributed by atoms with van der Waals surface area (Å²) in [6, 6.07) is 9.17. The standard InChI is InChI=1S/C13H19NO/c1-10(2)11-4-3-5-12(8-11)13-9-15-7-6-14-13/h3-5,8,10,13-14H,6-7,9H2,1-2H3/t13-/m1/s1. The summed E-state index contributed by atoms with van der Waals surface area (Å²) >= 11 is 0. The number of rotatable bonds is 2. The third kappa shape index (κ3) is 2.58. The molecule has 2 nitrogen and oxygen atoms in total. The fourth-order valence-corrected chi connectivity index (χ4v) is 1.91. The summed E-state index contributed by atoms with van der Waals surface area (Å²) < 4.78 is 5.47. The normalized spacial score (nSPS) is 21.9. The first-order valence-electron chi connectivity index (χ1n) is 5.68. The topological polar surface area (TPSA) is 21.3 Å². The third-order valence-electron chi connectivity index (χ3n) is 2.90. The fraction of sp³-hybridized carbons (Fsp3) is 0.538. The molecule has 1 saturated heterocycles. The summed E-state index contributed by atoms with van der Waals surface area (Å²) in [6.45, 7) is 7.03. The van der Waals surface area contributed by atoms with Crippen LogP contribution in [0.4, 0.5) is 0 Å². The van der Waals surface area contributed by atoms with Crippen LogP contribution in [0.25, 0.3) is 0 Å². The Balaban J connectivity index is 2.16. The van der Waals surface area contributed by atoms with Crippen molar-refractivity contribution < 1.29 is 4.74 Å². The molecule has 0 bridgehead atoms. The van der Waals surface area contributed by atoms with Crippen LogP contribution >= 0.6 is 0 Å². The third-order valence-corrected chi connectivity index (χ3v) is 2.90. The summed E-state index contributed by atoms with van der Waals surface area (Å²) in [7, 11) is 0. The Kier molecular flexibility index (Phi) is 3.39. The van der Waals surface area contributed by atoms with Gasteiger partial charge < -0.3 is 10.1 Å². The zero-order chi connectivity index (χ0) is 10.7. The van der Waals surface area contributed by atoms with Gasteiger partial charge in [0.1, 0.15) is 0 Å². The second-order valence-electron chi connectivity index (χ2n) is 4.41. The minimum absolute atomic E-state index is 0.373. The van der Waals surface area contributed by atoms with Crippen molar-refractivity contribution in [1.29, 1.82) is 0 Å². The van der Waals surface area contributed by atoms with E-state index in [1.54, 1.807) is 0 Å². The van der Waals surface area contributed by atoms with Gasteiger partial charge in [-0.2, -0.15) is 0 Å². The van der Waals surface area contributed by atoms with Crippen LogP contribution in [0.1, 0.15) is 36.9 Å². The summed E-state index contributed by atoms with van der Waals surface area (Å²) in [5, 5.41) is 3.48. The summed E-state index contributed by atoms with van der Waals surface area (Å²) in [5.74, 6) is 0.592. The number of ether oxygens (including phenoxy) is 1. The molecule has 1 fully saturated rings. The molecule has 1 aliphatic rings. The van der Waals surface area contributed by atoms with Crippen molar-refractivity contribution in [2.45, 2.75) is 25.8 Å². The van der Waals surface area contributed by atoms with Crippen molar-refractivity contribution in [2.24, 2.45) is 0 Å². The molecule has 0 aromatic heterocycles. The van der Waals surface area contributed by atoms with E-state index in [-0.39, 0.29) is 0 Å². The van der Waals surface area contributed by atoms with Crippen LogP contribution in [0.15, 0.2) is 24.3 Å². The average Bonchev–Trinajstić information content (AvgIpc) is 2.30. The van der Waals surface area contributed by atoms with Gasteiger partial charge in [0.2, 0.25) is 0 Å². The molecule has 0 aliphatic carbocycles. The van der Waals surface area contributed by atoms with E-state index in [0.29, 0.717) is 12.0 Å². The number of benzene rings is 1. The van der Waals surface area contributed by atoms with E-state index < -0.39 is 0 Å². The lowest BCUT2D eigenvalue weighted by Crippen LogP contribution is -2.34. The highest BCUT2D eigenvalue weighted by molar-refractivity contribution is 5.28. The van der Waals surface area contributed by atoms with Gasteiger partial charge in [-0.25, -0.2) is 0 Å². The second kappa shape index (κ2) is 4.77. The van der Waals surface area contributed by atoms with Crippen LogP contribution in [0.2, 0.25) is 0 Å². The van der Waals surface area contributed by atoms with Crippen molar-refractivity contribution in [3.8, 4) is 0 Å². The van der Waals surface area contributed by atoms with E-state index >= 15 is 0 Å². The van der Waals surface area contributed by atoms with Crippen LogP contribution in [0, 0.1) is 0 Å². The Morgan fingerprint density at radius 3 is 2.93 bits per heavy atom. The molecule has 82 valence electrons. The summed E-state index contributed by atoms with van der Waals surface area (Å²) in [5.41, 5.74) is 2.75. The number of hydrogen-bond acceptors (Lipinski definition) is 2. The molecular weight excluding hydrogens is 186 g/mol. The number of morpholine rings is 1. The van der Waals surface area contributed by atoms with Crippen LogP contribution in [-0.4, -0.2) is 19.8 Å². The minimum atomic E-state index is 0.373. The molecule has 0 unspecified atom stereocenters. The largest absolute Gasteiger partial charge is 0.378 e. The predicted octanol–water partition coefficient (Wildman–Crippen LogP) is 2.47. The Morgan fingerprint density at radius 2 is 2.27 bits per heavy atom. The van der Waals surface area contributed by atoms with Crippen molar-refractivity contribution in [1.82, 2.24) is 5.32 Å². The van der Waals surface area contributed by atoms with Gasteiger partial charge in [0.25, 0.3) is 0 Å². The lowest BCUT2D eigenvalue weighted by Gasteiger charge is -2.24. The molecule has 15 heavy (non-hydrogen) atoms. The van der Waals surface area contributed by atoms with E-state index in [2.05, 4.69) is 43.4 Å². The number of hydrogen-bond donors (Lipinski definition) is 1. The lowest BCUT2D eigenvalue weighted by atomic mass is 9.98. The predicted molar refractivity (Wildman–Crippen MR) is 62.1 cm³/mol. The van der Waals surface area contributed by atoms with E-state index in [0.717, 1.165) is 19.8 Å². The van der Waals surface area contributed by atoms with E-state index in [9.17, 15) is 0 Å². The molecule has 2 rings (SSSR count). The first-order chi connectivity index (χ1) is 7.27. The average molecular weight is 205 g/mol. The molecule has 0 saturated carbocycles. The molecular formula is C13H19NO. The highest BCUT2D eigenvalue weighted by atomic mass is 16.5. The molecule has 1 heterocycles. The van der Waals surface area contributed by atoms with Crippen molar-refractivity contribution >= 4 is 0 Å². The fourth-order valence-electron chi connectivity index (χ4n) is 1.91. The maximum atomic E-state index is 5.47. The van der Waals surface area contributed by atoms with Gasteiger partial charge in [-0.1, -0.05) is 38.1 Å². The maximum Gasteiger partial charge on any atom is 0.0662 e. The molecule has 1 aromatic carbocycles. The van der Waals surface area contributed by atoms with E-state index in [1.165, 1.54) is 11.1 Å². The highest BCUT2D eigenvalue weighted by Crippen LogP contribution is 2.21. The number of nitrogens with one attached hydrogen (secondary N) is 1. The van der Waals surface area contributed by atoms with Crippen LogP contribution in [0.5, 0.6) is 0 Å². The quantitative estimate of drug-likeness (QED) is 0.801. The molecule has 2 heteroatoms. The molecule has 1 atom stereocenters. The maximum absolute atomic E-state index is 5.47. The van der Waals surface area contributed by atoms with Gasteiger partial charge in [-0.05, 0) is 17.0 Å². The smallest absolute Gasteiger partial charge is 0.0662 e. The van der Waals surface area contributed by atoms with Crippen molar-refractivity contribution in [2.75, 3.05) is 19.8 Å². The van der Waals surface area contributed by atoms with Gasteiger partial charge in [-0.15, -0.1) is 0 Å². The van der Waals surface area contributed by atoms with Crippen molar-refractivity contribution in [3.05, 3.63) is 35.4 Å². The van der Waals surface area contributed by atoms with Gasteiger partial charge in [0.15, 0.2) is 0 Å². The van der Waals surface area contributed by atoms with Gasteiger partial charge in [0, 0.05) is 6.54 Å². The van der Waals surface area contributed by atoms with Crippen LogP contribution in [0.3, 0.4) is 0 Å². The SMILES string of the molecule is CC(C)c1cccc([C@H]2COCCN2)c1. The zero-order valence-corrected chi connectivity index (χ0v) is 9.49. The lowest BCUT2D eigenvalue weighted by molar-refractivity contribution is 0.0768. The molecule has 0 radical (unpaired) electrons. The minimum Gasteiger partial charge on any atom is -0.378 e. The Labute approximate surface area is 91.6 Å². The van der Waals surface area contributed by atoms with Gasteiger partial charge in [0.05, 0.1) is 19.3 Å². The molecule has 1 N–H and O–H groups in total. The Hall–Kier alpha value is -0.860. The summed E-state index contributed by atoms with van der Waals surface area (Å²) in [4.78, 5) is 0. The van der Waals surface area contributed by atoms with E-state index in [4.69, 9.17) is 4.74 Å². The molecule has 1 aliphatic heterocycles. The molecule has 0 amide bonds. The van der Waals surface area contributed by atoms with Gasteiger partial charge >= 0.3 is 0 Å². The first kappa shape index (κ1) is 10.7. The Bertz CT molecular complexity index is 316.